The summed E-state index contributed by atoms with van der Waals surface area (Å²) in [6.45, 7) is 3.29. The molecule has 2 aliphatic heterocycles. The highest BCUT2D eigenvalue weighted by Crippen LogP contribution is 2.29. The second-order valence-corrected chi connectivity index (χ2v) is 7.72. The van der Waals surface area contributed by atoms with Gasteiger partial charge in [-0.2, -0.15) is 0 Å². The van der Waals surface area contributed by atoms with Crippen LogP contribution in [0.2, 0.25) is 0 Å². The number of nitrogens with one attached hydrogen (secondary N) is 2. The lowest BCUT2D eigenvalue weighted by atomic mass is 9.96. The lowest BCUT2D eigenvalue weighted by Crippen LogP contribution is -2.38. The average Bonchev–Trinajstić information content (AvgIpc) is 2.78. The number of carbonyl (C=O) groups excluding carboxylic acids is 1. The third-order valence-corrected chi connectivity index (χ3v) is 5.86. The number of piperidine rings is 1. The largest absolute Gasteiger partial charge is 0.497 e. The van der Waals surface area contributed by atoms with Crippen LogP contribution in [0.1, 0.15) is 41.4 Å². The van der Waals surface area contributed by atoms with E-state index in [2.05, 4.69) is 10.6 Å². The maximum atomic E-state index is 12.9. The third kappa shape index (κ3) is 4.34. The molecule has 7 nitrogen and oxygen atoms in total. The highest BCUT2D eigenvalue weighted by Gasteiger charge is 2.27. The van der Waals surface area contributed by atoms with Crippen molar-refractivity contribution in [3.63, 3.8) is 0 Å². The number of anilines is 1. The van der Waals surface area contributed by atoms with Gasteiger partial charge in [-0.1, -0.05) is 12.1 Å². The van der Waals surface area contributed by atoms with Crippen molar-refractivity contribution in [1.29, 1.82) is 0 Å². The second kappa shape index (κ2) is 8.78. The van der Waals surface area contributed by atoms with E-state index in [0.717, 1.165) is 66.6 Å². The molecule has 0 unspecified atom stereocenters. The molecule has 2 N–H and O–H groups in total. The van der Waals surface area contributed by atoms with Gasteiger partial charge in [0, 0.05) is 31.5 Å². The van der Waals surface area contributed by atoms with Crippen molar-refractivity contribution in [3.05, 3.63) is 46.9 Å². The van der Waals surface area contributed by atoms with E-state index < -0.39 is 0 Å². The zero-order valence-electron chi connectivity index (χ0n) is 17.2. The number of rotatable bonds is 5. The predicted octanol–water partition coefficient (Wildman–Crippen LogP) is 2.12. The molecule has 1 fully saturated rings. The summed E-state index contributed by atoms with van der Waals surface area (Å²) in [5.41, 5.74) is 3.10. The number of hydrogen-bond acceptors (Lipinski definition) is 6. The molecule has 2 aliphatic rings. The topological polar surface area (TPSA) is 79.4 Å². The van der Waals surface area contributed by atoms with E-state index in [1.54, 1.807) is 7.11 Å². The van der Waals surface area contributed by atoms with E-state index in [4.69, 9.17) is 14.7 Å². The quantitative estimate of drug-likeness (QED) is 0.807. The fraction of sp³-hybridized carbons (Fsp3) is 0.500. The van der Waals surface area contributed by atoms with Crippen LogP contribution in [0.15, 0.2) is 24.3 Å². The number of methoxy groups -OCH3 is 1. The minimum absolute atomic E-state index is 0.119. The molecule has 0 atom stereocenters. The number of carbonyl (C=O) groups is 1. The van der Waals surface area contributed by atoms with Crippen molar-refractivity contribution in [2.24, 2.45) is 0 Å². The van der Waals surface area contributed by atoms with Crippen molar-refractivity contribution in [3.8, 4) is 5.75 Å². The van der Waals surface area contributed by atoms with E-state index in [1.807, 2.05) is 36.2 Å². The molecule has 3 heterocycles. The first-order valence-electron chi connectivity index (χ1n) is 10.4. The number of aromatic nitrogens is 2. The van der Waals surface area contributed by atoms with Gasteiger partial charge in [0.2, 0.25) is 5.91 Å². The van der Waals surface area contributed by atoms with Crippen LogP contribution in [0.5, 0.6) is 5.75 Å². The van der Waals surface area contributed by atoms with Gasteiger partial charge in [-0.05, 0) is 43.6 Å². The van der Waals surface area contributed by atoms with Gasteiger partial charge in [0.05, 0.1) is 25.8 Å². The highest BCUT2D eigenvalue weighted by atomic mass is 16.5. The van der Waals surface area contributed by atoms with Crippen LogP contribution in [0, 0.1) is 0 Å². The standard InChI is InChI=1S/C22H29N5O2/c1-23-22-18-14-27(20(28)13-15-4-3-5-17(12-15)29-2)11-8-19(18)25-21(26-22)16-6-9-24-10-7-16/h3-5,12,16,24H,6-11,13-14H2,1-2H3,(H,23,25,26). The Morgan fingerprint density at radius 3 is 2.90 bits per heavy atom. The fourth-order valence-corrected chi connectivity index (χ4v) is 4.18. The number of hydrogen-bond donors (Lipinski definition) is 2. The second-order valence-electron chi connectivity index (χ2n) is 7.72. The Bertz CT molecular complexity index is 862. The van der Waals surface area contributed by atoms with Crippen LogP contribution in [0.4, 0.5) is 5.82 Å². The number of nitrogens with zero attached hydrogens (tertiary/aromatic N) is 3. The summed E-state index contributed by atoms with van der Waals surface area (Å²) in [5, 5.41) is 6.64. The first kappa shape index (κ1) is 19.6. The van der Waals surface area contributed by atoms with Crippen LogP contribution < -0.4 is 15.4 Å². The average molecular weight is 396 g/mol. The minimum atomic E-state index is 0.119. The minimum Gasteiger partial charge on any atom is -0.497 e. The summed E-state index contributed by atoms with van der Waals surface area (Å²) in [6, 6.07) is 7.69. The molecule has 7 heteroatoms. The van der Waals surface area contributed by atoms with Gasteiger partial charge in [0.15, 0.2) is 0 Å². The van der Waals surface area contributed by atoms with Crippen molar-refractivity contribution in [2.45, 2.75) is 38.1 Å². The first-order chi connectivity index (χ1) is 14.2. The van der Waals surface area contributed by atoms with Crippen LogP contribution in [-0.4, -0.2) is 54.6 Å². The summed E-state index contributed by atoms with van der Waals surface area (Å²) in [6.07, 6.45) is 3.30. The van der Waals surface area contributed by atoms with Gasteiger partial charge in [-0.15, -0.1) is 0 Å². The lowest BCUT2D eigenvalue weighted by Gasteiger charge is -2.31. The van der Waals surface area contributed by atoms with Crippen LogP contribution in [0.25, 0.3) is 0 Å². The highest BCUT2D eigenvalue weighted by molar-refractivity contribution is 5.79. The van der Waals surface area contributed by atoms with Gasteiger partial charge >= 0.3 is 0 Å². The Hall–Kier alpha value is -2.67. The molecule has 0 bridgehead atoms. The Kier molecular flexibility index (Phi) is 5.94. The number of benzene rings is 1. The molecule has 1 amide bonds. The Morgan fingerprint density at radius 2 is 2.14 bits per heavy atom. The van der Waals surface area contributed by atoms with Gasteiger partial charge in [0.25, 0.3) is 0 Å². The molecule has 29 heavy (non-hydrogen) atoms. The van der Waals surface area contributed by atoms with E-state index >= 15 is 0 Å². The molecule has 1 aromatic carbocycles. The van der Waals surface area contributed by atoms with Crippen molar-refractivity contribution < 1.29 is 9.53 Å². The lowest BCUT2D eigenvalue weighted by molar-refractivity contribution is -0.131. The Balaban J connectivity index is 1.50. The van der Waals surface area contributed by atoms with Crippen LogP contribution >= 0.6 is 0 Å². The molecule has 1 aromatic heterocycles. The molecule has 0 saturated carbocycles. The van der Waals surface area contributed by atoms with Crippen LogP contribution in [-0.2, 0) is 24.2 Å². The molecule has 154 valence electrons. The number of ether oxygens (including phenoxy) is 1. The van der Waals surface area contributed by atoms with E-state index in [1.165, 1.54) is 0 Å². The molecule has 2 aromatic rings. The van der Waals surface area contributed by atoms with Gasteiger partial charge in [-0.3, -0.25) is 4.79 Å². The normalized spacial score (nSPS) is 17.0. The molecule has 1 saturated heterocycles. The maximum absolute atomic E-state index is 12.9. The molecule has 4 rings (SSSR count). The number of fused-ring (bicyclic) bond motifs is 1. The summed E-state index contributed by atoms with van der Waals surface area (Å²) < 4.78 is 5.27. The third-order valence-electron chi connectivity index (χ3n) is 5.86. The van der Waals surface area contributed by atoms with E-state index in [0.29, 0.717) is 25.4 Å². The Morgan fingerprint density at radius 1 is 1.31 bits per heavy atom. The Labute approximate surface area is 171 Å². The molecule has 0 aliphatic carbocycles. The van der Waals surface area contributed by atoms with Crippen molar-refractivity contribution >= 4 is 11.7 Å². The molecular weight excluding hydrogens is 366 g/mol. The summed E-state index contributed by atoms with van der Waals surface area (Å²) in [5.74, 6) is 3.12. The summed E-state index contributed by atoms with van der Waals surface area (Å²) >= 11 is 0. The summed E-state index contributed by atoms with van der Waals surface area (Å²) in [7, 11) is 3.53. The molecular formula is C22H29N5O2. The SMILES string of the molecule is CNc1nc(C2CCNCC2)nc2c1CN(C(=O)Cc1cccc(OC)c1)CC2. The van der Waals surface area contributed by atoms with Gasteiger partial charge < -0.3 is 20.3 Å². The van der Waals surface area contributed by atoms with Gasteiger partial charge in [-0.25, -0.2) is 9.97 Å². The maximum Gasteiger partial charge on any atom is 0.227 e. The zero-order valence-corrected chi connectivity index (χ0v) is 17.2. The van der Waals surface area contributed by atoms with Crippen LogP contribution in [0.3, 0.4) is 0 Å². The monoisotopic (exact) mass is 395 g/mol. The van der Waals surface area contributed by atoms with Crippen molar-refractivity contribution in [2.75, 3.05) is 39.1 Å². The smallest absolute Gasteiger partial charge is 0.227 e. The van der Waals surface area contributed by atoms with E-state index in [9.17, 15) is 4.79 Å². The first-order valence-corrected chi connectivity index (χ1v) is 10.4. The zero-order chi connectivity index (χ0) is 20.2. The molecule has 0 radical (unpaired) electrons. The fourth-order valence-electron chi connectivity index (χ4n) is 4.18. The van der Waals surface area contributed by atoms with Crippen molar-refractivity contribution in [1.82, 2.24) is 20.2 Å². The van der Waals surface area contributed by atoms with E-state index in [-0.39, 0.29) is 5.91 Å². The number of amides is 1. The molecule has 0 spiro atoms. The predicted molar refractivity (Wildman–Crippen MR) is 112 cm³/mol. The van der Waals surface area contributed by atoms with Gasteiger partial charge in [0.1, 0.15) is 17.4 Å². The summed E-state index contributed by atoms with van der Waals surface area (Å²) in [4.78, 5) is 24.6.